The molecule has 104 valence electrons. The lowest BCUT2D eigenvalue weighted by atomic mass is 10.1. The summed E-state index contributed by atoms with van der Waals surface area (Å²) in [5, 5.41) is 1.18. The second kappa shape index (κ2) is 7.01. The van der Waals surface area contributed by atoms with E-state index in [2.05, 4.69) is 32.0 Å². The first kappa shape index (κ1) is 14.5. The predicted molar refractivity (Wildman–Crippen MR) is 84.8 cm³/mol. The lowest BCUT2D eigenvalue weighted by Crippen LogP contribution is -2.22. The number of nitrogens with zero attached hydrogens (tertiary/aromatic N) is 1. The largest absolute Gasteiger partial charge is 0.327 e. The Balaban J connectivity index is 2.11. The summed E-state index contributed by atoms with van der Waals surface area (Å²) in [6, 6.07) is 6.93. The van der Waals surface area contributed by atoms with E-state index in [0.717, 1.165) is 24.8 Å². The van der Waals surface area contributed by atoms with E-state index in [-0.39, 0.29) is 6.04 Å². The molecule has 0 aliphatic heterocycles. The summed E-state index contributed by atoms with van der Waals surface area (Å²) in [6.45, 7) is 4.41. The zero-order valence-corrected chi connectivity index (χ0v) is 12.8. The number of aromatic nitrogens is 1. The molecule has 2 N–H and O–H groups in total. The van der Waals surface area contributed by atoms with Crippen molar-refractivity contribution in [1.82, 2.24) is 4.98 Å². The Bertz CT molecular complexity index is 518. The van der Waals surface area contributed by atoms with E-state index < -0.39 is 0 Å². The summed E-state index contributed by atoms with van der Waals surface area (Å²) in [5.74, 6) is 0. The first-order chi connectivity index (χ1) is 9.22. The van der Waals surface area contributed by atoms with Gasteiger partial charge in [0.05, 0.1) is 15.2 Å². The fourth-order valence-corrected chi connectivity index (χ4v) is 3.46. The third-order valence-corrected chi connectivity index (χ3v) is 4.45. The molecule has 1 aromatic carbocycles. The van der Waals surface area contributed by atoms with Gasteiger partial charge in [-0.2, -0.15) is 0 Å². The molecule has 19 heavy (non-hydrogen) atoms. The highest BCUT2D eigenvalue weighted by atomic mass is 32.1. The van der Waals surface area contributed by atoms with E-state index in [1.165, 1.54) is 34.5 Å². The van der Waals surface area contributed by atoms with Gasteiger partial charge in [-0.05, 0) is 37.0 Å². The van der Waals surface area contributed by atoms with Crippen LogP contribution in [0.2, 0.25) is 0 Å². The first-order valence-electron chi connectivity index (χ1n) is 7.36. The van der Waals surface area contributed by atoms with Gasteiger partial charge >= 0.3 is 0 Å². The van der Waals surface area contributed by atoms with Gasteiger partial charge in [0, 0.05) is 12.5 Å². The summed E-state index contributed by atoms with van der Waals surface area (Å²) in [5.41, 5.74) is 8.66. The Labute approximate surface area is 120 Å². The quantitative estimate of drug-likeness (QED) is 0.818. The van der Waals surface area contributed by atoms with Crippen LogP contribution in [0.15, 0.2) is 18.2 Å². The number of hydrogen-bond donors (Lipinski definition) is 1. The van der Waals surface area contributed by atoms with Crippen LogP contribution in [0.25, 0.3) is 10.2 Å². The Hall–Kier alpha value is -0.930. The van der Waals surface area contributed by atoms with Crippen LogP contribution in [0.1, 0.15) is 50.1 Å². The molecule has 2 aromatic rings. The van der Waals surface area contributed by atoms with Gasteiger partial charge in [0.15, 0.2) is 0 Å². The fourth-order valence-electron chi connectivity index (χ4n) is 2.34. The number of fused-ring (bicyclic) bond motifs is 1. The Kier molecular flexibility index (Phi) is 5.34. The zero-order valence-electron chi connectivity index (χ0n) is 12.0. The van der Waals surface area contributed by atoms with Crippen LogP contribution >= 0.6 is 11.3 Å². The molecule has 1 unspecified atom stereocenters. The van der Waals surface area contributed by atoms with Crippen molar-refractivity contribution >= 4 is 21.6 Å². The molecule has 0 spiro atoms. The molecule has 0 radical (unpaired) electrons. The van der Waals surface area contributed by atoms with Crippen molar-refractivity contribution < 1.29 is 0 Å². The van der Waals surface area contributed by atoms with Gasteiger partial charge in [0.1, 0.15) is 0 Å². The van der Waals surface area contributed by atoms with Gasteiger partial charge in [0.25, 0.3) is 0 Å². The number of rotatable bonds is 7. The van der Waals surface area contributed by atoms with Crippen LogP contribution in [0.5, 0.6) is 0 Å². The smallest absolute Gasteiger partial charge is 0.0954 e. The van der Waals surface area contributed by atoms with Crippen molar-refractivity contribution in [2.24, 2.45) is 5.73 Å². The van der Waals surface area contributed by atoms with Crippen LogP contribution in [0.3, 0.4) is 0 Å². The Morgan fingerprint density at radius 2 is 2.11 bits per heavy atom. The molecule has 1 aromatic heterocycles. The Morgan fingerprint density at radius 1 is 1.26 bits per heavy atom. The van der Waals surface area contributed by atoms with Crippen molar-refractivity contribution in [3.63, 3.8) is 0 Å². The average Bonchev–Trinajstić information content (AvgIpc) is 2.77. The molecule has 0 bridgehead atoms. The molecular formula is C16H24N2S. The standard InChI is InChI=1S/C16H24N2S/c1-3-5-7-12-8-9-14-15(10-12)19-16(18-14)11-13(17)6-4-2/h8-10,13H,3-7,11,17H2,1-2H3. The zero-order chi connectivity index (χ0) is 13.7. The maximum atomic E-state index is 6.10. The summed E-state index contributed by atoms with van der Waals surface area (Å²) in [6.07, 6.45) is 6.83. The van der Waals surface area contributed by atoms with Crippen LogP contribution in [0.4, 0.5) is 0 Å². The van der Waals surface area contributed by atoms with Crippen LogP contribution in [-0.4, -0.2) is 11.0 Å². The van der Waals surface area contributed by atoms with E-state index in [0.29, 0.717) is 0 Å². The van der Waals surface area contributed by atoms with Gasteiger partial charge in [-0.3, -0.25) is 0 Å². The molecule has 1 atom stereocenters. The highest BCUT2D eigenvalue weighted by molar-refractivity contribution is 7.18. The molecule has 1 heterocycles. The summed E-state index contributed by atoms with van der Waals surface area (Å²) >= 11 is 1.81. The highest BCUT2D eigenvalue weighted by Crippen LogP contribution is 2.25. The van der Waals surface area contributed by atoms with Gasteiger partial charge in [0.2, 0.25) is 0 Å². The SMILES string of the molecule is CCCCc1ccc2nc(CC(N)CCC)sc2c1. The van der Waals surface area contributed by atoms with Crippen LogP contribution in [-0.2, 0) is 12.8 Å². The molecule has 2 nitrogen and oxygen atoms in total. The molecular weight excluding hydrogens is 252 g/mol. The summed E-state index contributed by atoms with van der Waals surface area (Å²) < 4.78 is 1.31. The molecule has 0 amide bonds. The van der Waals surface area contributed by atoms with Crippen molar-refractivity contribution in [1.29, 1.82) is 0 Å². The molecule has 0 saturated heterocycles. The number of unbranched alkanes of at least 4 members (excludes halogenated alkanes) is 1. The lowest BCUT2D eigenvalue weighted by molar-refractivity contribution is 0.599. The number of nitrogens with two attached hydrogens (primary N) is 1. The van der Waals surface area contributed by atoms with Crippen molar-refractivity contribution in [3.8, 4) is 0 Å². The first-order valence-corrected chi connectivity index (χ1v) is 8.18. The van der Waals surface area contributed by atoms with E-state index in [4.69, 9.17) is 10.7 Å². The van der Waals surface area contributed by atoms with Crippen molar-refractivity contribution in [3.05, 3.63) is 28.8 Å². The van der Waals surface area contributed by atoms with Crippen LogP contribution < -0.4 is 5.73 Å². The van der Waals surface area contributed by atoms with Gasteiger partial charge in [-0.25, -0.2) is 4.98 Å². The highest BCUT2D eigenvalue weighted by Gasteiger charge is 2.09. The molecule has 3 heteroatoms. The second-order valence-electron chi connectivity index (χ2n) is 5.27. The van der Waals surface area contributed by atoms with Gasteiger partial charge < -0.3 is 5.73 Å². The second-order valence-corrected chi connectivity index (χ2v) is 6.38. The molecule has 0 aliphatic carbocycles. The monoisotopic (exact) mass is 276 g/mol. The number of benzene rings is 1. The van der Waals surface area contributed by atoms with E-state index >= 15 is 0 Å². The molecule has 2 rings (SSSR count). The predicted octanol–water partition coefficient (Wildman–Crippen LogP) is 4.31. The van der Waals surface area contributed by atoms with Crippen LogP contribution in [0, 0.1) is 0 Å². The van der Waals surface area contributed by atoms with Crippen molar-refractivity contribution in [2.45, 2.75) is 58.4 Å². The van der Waals surface area contributed by atoms with Crippen molar-refractivity contribution in [2.75, 3.05) is 0 Å². The average molecular weight is 276 g/mol. The van der Waals surface area contributed by atoms with Gasteiger partial charge in [-0.15, -0.1) is 11.3 Å². The van der Waals surface area contributed by atoms with E-state index in [1.807, 2.05) is 11.3 Å². The topological polar surface area (TPSA) is 38.9 Å². The normalized spacial score (nSPS) is 13.0. The minimum Gasteiger partial charge on any atom is -0.327 e. The Morgan fingerprint density at radius 3 is 2.84 bits per heavy atom. The third-order valence-electron chi connectivity index (χ3n) is 3.41. The summed E-state index contributed by atoms with van der Waals surface area (Å²) in [7, 11) is 0. The molecule has 0 fully saturated rings. The number of hydrogen-bond acceptors (Lipinski definition) is 3. The van der Waals surface area contributed by atoms with Gasteiger partial charge in [-0.1, -0.05) is 32.8 Å². The molecule has 0 aliphatic rings. The maximum Gasteiger partial charge on any atom is 0.0954 e. The summed E-state index contributed by atoms with van der Waals surface area (Å²) in [4.78, 5) is 4.69. The third kappa shape index (κ3) is 4.02. The fraction of sp³-hybridized carbons (Fsp3) is 0.562. The van der Waals surface area contributed by atoms with E-state index in [9.17, 15) is 0 Å². The number of aryl methyl sites for hydroxylation is 1. The minimum absolute atomic E-state index is 0.255. The lowest BCUT2D eigenvalue weighted by Gasteiger charge is -2.06. The number of thiazole rings is 1. The van der Waals surface area contributed by atoms with E-state index in [1.54, 1.807) is 0 Å². The minimum atomic E-state index is 0.255. The molecule has 0 saturated carbocycles. The maximum absolute atomic E-state index is 6.10.